The van der Waals surface area contributed by atoms with E-state index in [0.717, 1.165) is 0 Å². The molecule has 2 rings (SSSR count). The summed E-state index contributed by atoms with van der Waals surface area (Å²) in [7, 11) is 0. The number of carbonyl (C=O) groups is 5. The van der Waals surface area contributed by atoms with E-state index in [0.29, 0.717) is 0 Å². The van der Waals surface area contributed by atoms with Gasteiger partial charge in [-0.2, -0.15) is 0 Å². The Kier molecular flexibility index (Phi) is 7.73. The van der Waals surface area contributed by atoms with Crippen LogP contribution in [0.2, 0.25) is 0 Å². The first-order valence-corrected chi connectivity index (χ1v) is 9.31. The molecule has 3 atom stereocenters. The monoisotopic (exact) mass is 420 g/mol. The number of para-hydroxylation sites is 1. The molecule has 1 aliphatic heterocycles. The Balaban J connectivity index is 2.31. The summed E-state index contributed by atoms with van der Waals surface area (Å²) in [5.41, 5.74) is 5.28. The van der Waals surface area contributed by atoms with Gasteiger partial charge in [-0.1, -0.05) is 12.1 Å². The van der Waals surface area contributed by atoms with Crippen LogP contribution in [-0.4, -0.2) is 59.4 Å². The van der Waals surface area contributed by atoms with Crippen LogP contribution in [-0.2, 0) is 19.2 Å². The lowest BCUT2D eigenvalue weighted by Crippen LogP contribution is -2.51. The summed E-state index contributed by atoms with van der Waals surface area (Å²) < 4.78 is 5.63. The molecule has 6 N–H and O–H groups in total. The number of carbonyl (C=O) groups excluding carboxylic acids is 4. The SMILES string of the molecule is C[C@H]1COc2ccccc2C(=O)N[C@H](C(=O)O)CCC(=O)N[C@@H](CC(N)=O)C(=O)N1. The van der Waals surface area contributed by atoms with Crippen molar-refractivity contribution in [2.45, 2.75) is 44.3 Å². The van der Waals surface area contributed by atoms with Gasteiger partial charge in [0.25, 0.3) is 5.91 Å². The number of aliphatic carboxylic acids is 1. The van der Waals surface area contributed by atoms with Gasteiger partial charge in [0.1, 0.15) is 24.4 Å². The molecule has 0 bridgehead atoms. The van der Waals surface area contributed by atoms with Crippen LogP contribution in [0, 0.1) is 0 Å². The third kappa shape index (κ3) is 6.47. The molecule has 0 saturated heterocycles. The molecule has 0 spiro atoms. The molecule has 0 fully saturated rings. The largest absolute Gasteiger partial charge is 0.491 e. The lowest BCUT2D eigenvalue weighted by molar-refractivity contribution is -0.139. The number of rotatable bonds is 3. The number of primary amides is 1. The predicted molar refractivity (Wildman–Crippen MR) is 103 cm³/mol. The van der Waals surface area contributed by atoms with Gasteiger partial charge in [0.15, 0.2) is 0 Å². The van der Waals surface area contributed by atoms with Gasteiger partial charge in [-0.25, -0.2) is 4.79 Å². The van der Waals surface area contributed by atoms with E-state index >= 15 is 0 Å². The average Bonchev–Trinajstić information content (AvgIpc) is 2.68. The topological polar surface area (TPSA) is 177 Å². The number of nitrogens with two attached hydrogens (primary N) is 1. The number of carboxylic acid groups (broad SMARTS) is 1. The van der Waals surface area contributed by atoms with Crippen molar-refractivity contribution in [2.75, 3.05) is 6.61 Å². The van der Waals surface area contributed by atoms with Gasteiger partial charge in [-0.3, -0.25) is 19.2 Å². The molecular weight excluding hydrogens is 396 g/mol. The number of hydrogen-bond acceptors (Lipinski definition) is 6. The smallest absolute Gasteiger partial charge is 0.326 e. The molecule has 11 heteroatoms. The number of ether oxygens (including phenoxy) is 1. The van der Waals surface area contributed by atoms with Crippen LogP contribution < -0.4 is 26.4 Å². The van der Waals surface area contributed by atoms with E-state index < -0.39 is 54.1 Å². The highest BCUT2D eigenvalue weighted by Gasteiger charge is 2.27. The minimum Gasteiger partial charge on any atom is -0.491 e. The van der Waals surface area contributed by atoms with E-state index in [4.69, 9.17) is 10.5 Å². The third-order valence-electron chi connectivity index (χ3n) is 4.33. The first-order valence-electron chi connectivity index (χ1n) is 9.31. The number of amides is 4. The lowest BCUT2D eigenvalue weighted by Gasteiger charge is -2.21. The van der Waals surface area contributed by atoms with Crippen LogP contribution in [0.3, 0.4) is 0 Å². The summed E-state index contributed by atoms with van der Waals surface area (Å²) in [4.78, 5) is 60.0. The summed E-state index contributed by atoms with van der Waals surface area (Å²) in [6.45, 7) is 1.62. The molecule has 1 aromatic rings. The van der Waals surface area contributed by atoms with E-state index in [1.54, 1.807) is 19.1 Å². The van der Waals surface area contributed by atoms with Gasteiger partial charge >= 0.3 is 5.97 Å². The Morgan fingerprint density at radius 2 is 1.87 bits per heavy atom. The van der Waals surface area contributed by atoms with E-state index in [9.17, 15) is 29.1 Å². The zero-order valence-corrected chi connectivity index (χ0v) is 16.3. The van der Waals surface area contributed by atoms with Gasteiger partial charge in [0, 0.05) is 6.42 Å². The second-order valence-electron chi connectivity index (χ2n) is 6.91. The fourth-order valence-electron chi connectivity index (χ4n) is 2.83. The van der Waals surface area contributed by atoms with Crippen LogP contribution in [0.25, 0.3) is 0 Å². The first-order chi connectivity index (χ1) is 14.2. The number of nitrogens with one attached hydrogen (secondary N) is 3. The van der Waals surface area contributed by atoms with Crippen molar-refractivity contribution in [2.24, 2.45) is 5.73 Å². The maximum Gasteiger partial charge on any atom is 0.326 e. The second kappa shape index (κ2) is 10.2. The minimum absolute atomic E-state index is 0.0182. The summed E-state index contributed by atoms with van der Waals surface area (Å²) in [5, 5.41) is 16.7. The van der Waals surface area contributed by atoms with Crippen LogP contribution in [0.4, 0.5) is 0 Å². The molecule has 1 heterocycles. The number of carboxylic acids is 1. The van der Waals surface area contributed by atoms with Gasteiger partial charge in [0.05, 0.1) is 18.0 Å². The maximum atomic E-state index is 12.6. The van der Waals surface area contributed by atoms with Crippen LogP contribution in [0.1, 0.15) is 36.5 Å². The van der Waals surface area contributed by atoms with Crippen LogP contribution >= 0.6 is 0 Å². The Bertz CT molecular complexity index is 842. The lowest BCUT2D eigenvalue weighted by atomic mass is 10.1. The van der Waals surface area contributed by atoms with Crippen molar-refractivity contribution in [3.63, 3.8) is 0 Å². The molecule has 1 aromatic carbocycles. The Morgan fingerprint density at radius 1 is 1.17 bits per heavy atom. The maximum absolute atomic E-state index is 12.6. The van der Waals surface area contributed by atoms with Crippen LogP contribution in [0.15, 0.2) is 24.3 Å². The Labute approximate surface area is 172 Å². The molecule has 1 aliphatic rings. The number of fused-ring (bicyclic) bond motifs is 1. The van der Waals surface area contributed by atoms with Crippen molar-refractivity contribution in [3.05, 3.63) is 29.8 Å². The standard InChI is InChI=1S/C19H24N4O7/c1-10-9-30-14-5-3-2-4-11(14)17(26)23-12(19(28)29)6-7-16(25)22-13(8-15(20)24)18(27)21-10/h2-5,10,12-13H,6-9H2,1H3,(H2,20,24)(H,21,27)(H,22,25)(H,23,26)(H,28,29)/t10-,12-,13-/m0/s1. The third-order valence-corrected chi connectivity index (χ3v) is 4.33. The highest BCUT2D eigenvalue weighted by atomic mass is 16.5. The molecule has 0 unspecified atom stereocenters. The van der Waals surface area contributed by atoms with Crippen molar-refractivity contribution < 1.29 is 33.8 Å². The van der Waals surface area contributed by atoms with E-state index in [-0.39, 0.29) is 30.8 Å². The van der Waals surface area contributed by atoms with Crippen molar-refractivity contribution in [1.82, 2.24) is 16.0 Å². The first kappa shape index (κ1) is 22.7. The molecule has 0 aliphatic carbocycles. The number of hydrogen-bond donors (Lipinski definition) is 5. The average molecular weight is 420 g/mol. The fourth-order valence-corrected chi connectivity index (χ4v) is 2.83. The Morgan fingerprint density at radius 3 is 2.53 bits per heavy atom. The summed E-state index contributed by atoms with van der Waals surface area (Å²) in [5.74, 6) is -3.86. The Hall–Kier alpha value is -3.63. The minimum atomic E-state index is -1.34. The molecule has 162 valence electrons. The van der Waals surface area contributed by atoms with Gasteiger partial charge in [-0.05, 0) is 25.5 Å². The molecule has 4 amide bonds. The van der Waals surface area contributed by atoms with Crippen molar-refractivity contribution >= 4 is 29.6 Å². The molecular formula is C19H24N4O7. The van der Waals surface area contributed by atoms with Crippen molar-refractivity contribution in [1.29, 1.82) is 0 Å². The summed E-state index contributed by atoms with van der Waals surface area (Å²) in [6, 6.07) is 3.16. The summed E-state index contributed by atoms with van der Waals surface area (Å²) >= 11 is 0. The zero-order valence-electron chi connectivity index (χ0n) is 16.3. The number of benzene rings is 1. The fraction of sp³-hybridized carbons (Fsp3) is 0.421. The normalized spacial score (nSPS) is 23.4. The van der Waals surface area contributed by atoms with Crippen molar-refractivity contribution in [3.8, 4) is 5.75 Å². The molecule has 0 aromatic heterocycles. The van der Waals surface area contributed by atoms with Gasteiger partial charge in [-0.15, -0.1) is 0 Å². The van der Waals surface area contributed by atoms with Gasteiger partial charge in [0.2, 0.25) is 17.7 Å². The molecule has 30 heavy (non-hydrogen) atoms. The van der Waals surface area contributed by atoms with E-state index in [1.165, 1.54) is 12.1 Å². The quantitative estimate of drug-likeness (QED) is 0.412. The molecule has 0 radical (unpaired) electrons. The predicted octanol–water partition coefficient (Wildman–Crippen LogP) is -1.09. The highest BCUT2D eigenvalue weighted by Crippen LogP contribution is 2.19. The highest BCUT2D eigenvalue weighted by molar-refractivity contribution is 5.99. The zero-order chi connectivity index (χ0) is 22.3. The second-order valence-corrected chi connectivity index (χ2v) is 6.91. The summed E-state index contributed by atoms with van der Waals surface area (Å²) in [6.07, 6.45) is -0.947. The van der Waals surface area contributed by atoms with E-state index in [1.807, 2.05) is 0 Å². The molecule has 11 nitrogen and oxygen atoms in total. The van der Waals surface area contributed by atoms with E-state index in [2.05, 4.69) is 16.0 Å². The van der Waals surface area contributed by atoms with Gasteiger partial charge < -0.3 is 31.5 Å². The molecule has 0 saturated carbocycles. The van der Waals surface area contributed by atoms with Crippen LogP contribution in [0.5, 0.6) is 5.75 Å².